The molecule has 0 spiro atoms. The van der Waals surface area contributed by atoms with Crippen LogP contribution >= 0.6 is 22.6 Å². The number of nitrogens with zero attached hydrogens (tertiary/aromatic N) is 2. The number of rotatable bonds is 12. The molecule has 0 radical (unpaired) electrons. The molecule has 0 heterocycles. The zero-order valence-corrected chi connectivity index (χ0v) is 26.3. The summed E-state index contributed by atoms with van der Waals surface area (Å²) in [6.45, 7) is 1.55. The number of amides is 2. The molecule has 1 N–H and O–H groups in total. The van der Waals surface area contributed by atoms with E-state index in [1.807, 2.05) is 19.1 Å². The number of benzene rings is 3. The first-order valence-corrected chi connectivity index (χ1v) is 16.3. The van der Waals surface area contributed by atoms with Crippen LogP contribution < -0.4 is 14.4 Å². The van der Waals surface area contributed by atoms with Gasteiger partial charge in [-0.3, -0.25) is 13.9 Å². The SMILES string of the molecule is CCC(C(=O)NC1CCCC1)N(Cc1ccc(OC)cc1)C(=O)CN(c1ccc(I)cc1)S(=O)(=O)c1ccccc1. The lowest BCUT2D eigenvalue weighted by Gasteiger charge is -2.33. The predicted octanol–water partition coefficient (Wildman–Crippen LogP) is 5.36. The standard InChI is InChI=1S/C31H36IN3O5S/c1-3-29(31(37)33-25-9-7-8-10-25)34(21-23-13-19-27(40-2)20-14-23)30(36)22-35(26-17-15-24(32)16-18-26)41(38,39)28-11-5-4-6-12-28/h4-6,11-20,25,29H,3,7-10,21-22H2,1-2H3,(H,33,37). The maximum Gasteiger partial charge on any atom is 0.264 e. The Morgan fingerprint density at radius 3 is 2.20 bits per heavy atom. The third-order valence-electron chi connectivity index (χ3n) is 7.32. The Labute approximate surface area is 256 Å². The summed E-state index contributed by atoms with van der Waals surface area (Å²) < 4.78 is 35.1. The molecule has 0 saturated heterocycles. The van der Waals surface area contributed by atoms with Gasteiger partial charge in [0.15, 0.2) is 0 Å². The number of anilines is 1. The molecule has 1 fully saturated rings. The van der Waals surface area contributed by atoms with E-state index in [2.05, 4.69) is 27.9 Å². The number of hydrogen-bond acceptors (Lipinski definition) is 5. The Kier molecular flexibility index (Phi) is 10.7. The lowest BCUT2D eigenvalue weighted by molar-refractivity contribution is -0.140. The first kappa shape index (κ1) is 30.8. The highest BCUT2D eigenvalue weighted by molar-refractivity contribution is 14.1. The monoisotopic (exact) mass is 689 g/mol. The number of carbonyl (C=O) groups is 2. The van der Waals surface area contributed by atoms with E-state index < -0.39 is 28.5 Å². The van der Waals surface area contributed by atoms with Gasteiger partial charge in [-0.25, -0.2) is 8.42 Å². The smallest absolute Gasteiger partial charge is 0.264 e. The molecule has 0 bridgehead atoms. The quantitative estimate of drug-likeness (QED) is 0.259. The molecule has 41 heavy (non-hydrogen) atoms. The number of sulfonamides is 1. The van der Waals surface area contributed by atoms with Crippen molar-refractivity contribution in [3.05, 3.63) is 88.0 Å². The first-order valence-electron chi connectivity index (χ1n) is 13.8. The van der Waals surface area contributed by atoms with Gasteiger partial charge in [-0.2, -0.15) is 0 Å². The molecule has 10 heteroatoms. The van der Waals surface area contributed by atoms with E-state index in [4.69, 9.17) is 4.74 Å². The highest BCUT2D eigenvalue weighted by Crippen LogP contribution is 2.26. The molecule has 3 aromatic rings. The van der Waals surface area contributed by atoms with Crippen molar-refractivity contribution < 1.29 is 22.7 Å². The highest BCUT2D eigenvalue weighted by Gasteiger charge is 2.34. The van der Waals surface area contributed by atoms with Crippen LogP contribution in [-0.2, 0) is 26.2 Å². The first-order chi connectivity index (χ1) is 19.7. The fourth-order valence-electron chi connectivity index (χ4n) is 5.07. The van der Waals surface area contributed by atoms with E-state index in [1.165, 1.54) is 17.0 Å². The molecule has 1 atom stereocenters. The normalized spacial score (nSPS) is 14.3. The molecule has 1 unspecified atom stereocenters. The minimum absolute atomic E-state index is 0.0825. The van der Waals surface area contributed by atoms with Gasteiger partial charge in [0, 0.05) is 16.2 Å². The second-order valence-electron chi connectivity index (χ2n) is 10.1. The van der Waals surface area contributed by atoms with Crippen LogP contribution in [0.2, 0.25) is 0 Å². The molecule has 3 aromatic carbocycles. The van der Waals surface area contributed by atoms with Crippen molar-refractivity contribution in [2.75, 3.05) is 18.0 Å². The molecular weight excluding hydrogens is 653 g/mol. The topological polar surface area (TPSA) is 96.0 Å². The van der Waals surface area contributed by atoms with Crippen LogP contribution in [0.15, 0.2) is 83.8 Å². The number of halogens is 1. The van der Waals surface area contributed by atoms with Gasteiger partial charge in [0.05, 0.1) is 17.7 Å². The minimum atomic E-state index is -4.08. The molecule has 1 aliphatic carbocycles. The fourth-order valence-corrected chi connectivity index (χ4v) is 6.87. The van der Waals surface area contributed by atoms with Crippen molar-refractivity contribution in [3.63, 3.8) is 0 Å². The molecule has 1 aliphatic rings. The maximum absolute atomic E-state index is 14.2. The Balaban J connectivity index is 1.69. The van der Waals surface area contributed by atoms with E-state index in [0.29, 0.717) is 17.9 Å². The Hall–Kier alpha value is -3.12. The summed E-state index contributed by atoms with van der Waals surface area (Å²) in [6.07, 6.45) is 4.36. The number of carbonyl (C=O) groups excluding carboxylic acids is 2. The zero-order chi connectivity index (χ0) is 29.4. The summed E-state index contributed by atoms with van der Waals surface area (Å²) in [6, 6.07) is 21.7. The largest absolute Gasteiger partial charge is 0.497 e. The second kappa shape index (κ2) is 14.2. The second-order valence-corrected chi connectivity index (χ2v) is 13.2. The number of nitrogens with one attached hydrogen (secondary N) is 1. The van der Waals surface area contributed by atoms with Gasteiger partial charge in [0.1, 0.15) is 18.3 Å². The van der Waals surface area contributed by atoms with E-state index in [-0.39, 0.29) is 23.4 Å². The number of methoxy groups -OCH3 is 1. The molecule has 1 saturated carbocycles. The van der Waals surface area contributed by atoms with Gasteiger partial charge in [0.2, 0.25) is 11.8 Å². The summed E-state index contributed by atoms with van der Waals surface area (Å²) in [5.74, 6) is -0.00299. The van der Waals surface area contributed by atoms with Gasteiger partial charge in [-0.15, -0.1) is 0 Å². The summed E-state index contributed by atoms with van der Waals surface area (Å²) in [5.41, 5.74) is 1.17. The molecule has 4 rings (SSSR count). The molecule has 8 nitrogen and oxygen atoms in total. The van der Waals surface area contributed by atoms with Gasteiger partial charge in [-0.05, 0) is 95.9 Å². The van der Waals surface area contributed by atoms with E-state index in [9.17, 15) is 18.0 Å². The fraction of sp³-hybridized carbons (Fsp3) is 0.355. The summed E-state index contributed by atoms with van der Waals surface area (Å²) in [4.78, 5) is 29.3. The van der Waals surface area contributed by atoms with Crippen molar-refractivity contribution in [1.29, 1.82) is 0 Å². The van der Waals surface area contributed by atoms with Crippen LogP contribution in [0.4, 0.5) is 5.69 Å². The molecular formula is C31H36IN3O5S. The third-order valence-corrected chi connectivity index (χ3v) is 9.83. The minimum Gasteiger partial charge on any atom is -0.497 e. The number of hydrogen-bond donors (Lipinski definition) is 1. The van der Waals surface area contributed by atoms with Gasteiger partial charge >= 0.3 is 0 Å². The Morgan fingerprint density at radius 2 is 1.61 bits per heavy atom. The van der Waals surface area contributed by atoms with E-state index >= 15 is 0 Å². The molecule has 0 aliphatic heterocycles. The van der Waals surface area contributed by atoms with Crippen molar-refractivity contribution in [1.82, 2.24) is 10.2 Å². The molecule has 218 valence electrons. The third kappa shape index (κ3) is 7.79. The highest BCUT2D eigenvalue weighted by atomic mass is 127. The van der Waals surface area contributed by atoms with Crippen LogP contribution in [0.3, 0.4) is 0 Å². The van der Waals surface area contributed by atoms with Crippen LogP contribution in [0.5, 0.6) is 5.75 Å². The van der Waals surface area contributed by atoms with Crippen LogP contribution in [0.25, 0.3) is 0 Å². The predicted molar refractivity (Wildman–Crippen MR) is 168 cm³/mol. The maximum atomic E-state index is 14.2. The van der Waals surface area contributed by atoms with Gasteiger partial charge < -0.3 is 15.0 Å². The van der Waals surface area contributed by atoms with Crippen LogP contribution in [0.1, 0.15) is 44.6 Å². The summed E-state index contributed by atoms with van der Waals surface area (Å²) in [7, 11) is -2.50. The van der Waals surface area contributed by atoms with Crippen LogP contribution in [-0.4, -0.2) is 50.9 Å². The van der Waals surface area contributed by atoms with Gasteiger partial charge in [-0.1, -0.05) is 50.1 Å². The van der Waals surface area contributed by atoms with Crippen molar-refractivity contribution >= 4 is 50.1 Å². The van der Waals surface area contributed by atoms with Gasteiger partial charge in [0.25, 0.3) is 10.0 Å². The summed E-state index contributed by atoms with van der Waals surface area (Å²) >= 11 is 2.15. The van der Waals surface area contributed by atoms with Crippen molar-refractivity contribution in [2.45, 2.75) is 62.6 Å². The zero-order valence-electron chi connectivity index (χ0n) is 23.3. The Bertz CT molecular complexity index is 1410. The number of ether oxygens (including phenoxy) is 1. The average molecular weight is 690 g/mol. The van der Waals surface area contributed by atoms with E-state index in [1.54, 1.807) is 61.7 Å². The van der Waals surface area contributed by atoms with E-state index in [0.717, 1.165) is 39.1 Å². The summed E-state index contributed by atoms with van der Waals surface area (Å²) in [5, 5.41) is 3.13. The lowest BCUT2D eigenvalue weighted by atomic mass is 10.1. The average Bonchev–Trinajstić information content (AvgIpc) is 3.50. The van der Waals surface area contributed by atoms with Crippen LogP contribution in [0, 0.1) is 3.57 Å². The Morgan fingerprint density at radius 1 is 0.976 bits per heavy atom. The molecule has 0 aromatic heterocycles. The van der Waals surface area contributed by atoms with Crippen molar-refractivity contribution in [2.24, 2.45) is 0 Å². The molecule has 2 amide bonds. The van der Waals surface area contributed by atoms with Crippen molar-refractivity contribution in [3.8, 4) is 5.75 Å². The lowest BCUT2D eigenvalue weighted by Crippen LogP contribution is -2.53.